The van der Waals surface area contributed by atoms with Gasteiger partial charge in [0, 0.05) is 19.3 Å². The van der Waals surface area contributed by atoms with Crippen LogP contribution in [0.15, 0.2) is 36.5 Å². The van der Waals surface area contributed by atoms with Crippen LogP contribution in [0.4, 0.5) is 13.2 Å². The van der Waals surface area contributed by atoms with Crippen molar-refractivity contribution in [2.45, 2.75) is 32.7 Å². The van der Waals surface area contributed by atoms with Gasteiger partial charge in [0.15, 0.2) is 12.4 Å². The van der Waals surface area contributed by atoms with E-state index in [-0.39, 0.29) is 18.4 Å². The number of nitrogens with zero attached hydrogens (tertiary/aromatic N) is 3. The summed E-state index contributed by atoms with van der Waals surface area (Å²) in [6.45, 7) is 3.52. The number of halogens is 3. The zero-order valence-corrected chi connectivity index (χ0v) is 14.4. The number of hydrogen-bond acceptors (Lipinski definition) is 3. The molecule has 140 valence electrons. The SMILES string of the molecule is CC1CCN(C(=O)c2ccn(COc3cccc(C(F)(F)F)c3)n2)CC1. The van der Waals surface area contributed by atoms with Gasteiger partial charge in [-0.05, 0) is 43.0 Å². The van der Waals surface area contributed by atoms with Crippen LogP contribution in [0.2, 0.25) is 0 Å². The number of likely N-dealkylation sites (tertiary alicyclic amines) is 1. The molecule has 1 aliphatic heterocycles. The molecule has 0 N–H and O–H groups in total. The normalized spacial score (nSPS) is 15.9. The van der Waals surface area contributed by atoms with Gasteiger partial charge in [-0.2, -0.15) is 18.3 Å². The number of carbonyl (C=O) groups excluding carboxylic acids is 1. The van der Waals surface area contributed by atoms with Crippen molar-refractivity contribution >= 4 is 5.91 Å². The van der Waals surface area contributed by atoms with Crippen molar-refractivity contribution in [3.8, 4) is 5.75 Å². The van der Waals surface area contributed by atoms with Crippen LogP contribution in [0.3, 0.4) is 0 Å². The average Bonchev–Trinajstić information content (AvgIpc) is 3.08. The summed E-state index contributed by atoms with van der Waals surface area (Å²) in [5.41, 5.74) is -0.460. The Morgan fingerprint density at radius 3 is 2.69 bits per heavy atom. The van der Waals surface area contributed by atoms with Gasteiger partial charge >= 0.3 is 6.18 Å². The van der Waals surface area contributed by atoms with E-state index in [4.69, 9.17) is 4.74 Å². The molecule has 3 rings (SSSR count). The molecular weight excluding hydrogens is 347 g/mol. The highest BCUT2D eigenvalue weighted by atomic mass is 19.4. The van der Waals surface area contributed by atoms with Crippen LogP contribution < -0.4 is 4.74 Å². The quantitative estimate of drug-likeness (QED) is 0.826. The Bertz CT molecular complexity index is 765. The third kappa shape index (κ3) is 4.36. The Kier molecular flexibility index (Phi) is 5.20. The van der Waals surface area contributed by atoms with Gasteiger partial charge in [0.25, 0.3) is 5.91 Å². The minimum atomic E-state index is -4.42. The van der Waals surface area contributed by atoms with Crippen LogP contribution in [-0.2, 0) is 12.9 Å². The van der Waals surface area contributed by atoms with Crippen LogP contribution in [0.25, 0.3) is 0 Å². The van der Waals surface area contributed by atoms with Crippen molar-refractivity contribution in [2.24, 2.45) is 5.92 Å². The number of benzene rings is 1. The van der Waals surface area contributed by atoms with Crippen molar-refractivity contribution in [3.63, 3.8) is 0 Å². The summed E-state index contributed by atoms with van der Waals surface area (Å²) in [7, 11) is 0. The Hall–Kier alpha value is -2.51. The number of alkyl halides is 3. The van der Waals surface area contributed by atoms with Gasteiger partial charge in [-0.15, -0.1) is 0 Å². The van der Waals surface area contributed by atoms with Gasteiger partial charge < -0.3 is 9.64 Å². The van der Waals surface area contributed by atoms with Crippen molar-refractivity contribution in [2.75, 3.05) is 13.1 Å². The molecule has 0 radical (unpaired) electrons. The van der Waals surface area contributed by atoms with Gasteiger partial charge in [-0.3, -0.25) is 4.79 Å². The summed E-state index contributed by atoms with van der Waals surface area (Å²) in [5, 5.41) is 4.17. The Balaban J connectivity index is 1.60. The van der Waals surface area contributed by atoms with Crippen LogP contribution in [0, 0.1) is 5.92 Å². The molecule has 0 saturated carbocycles. The topological polar surface area (TPSA) is 47.4 Å². The molecular formula is C18H20F3N3O2. The first kappa shape index (κ1) is 18.3. The van der Waals surface area contributed by atoms with E-state index < -0.39 is 11.7 Å². The van der Waals surface area contributed by atoms with E-state index in [0.29, 0.717) is 24.7 Å². The molecule has 1 amide bonds. The summed E-state index contributed by atoms with van der Waals surface area (Å²) >= 11 is 0. The highest BCUT2D eigenvalue weighted by Gasteiger charge is 2.30. The number of rotatable bonds is 4. The lowest BCUT2D eigenvalue weighted by Gasteiger charge is -2.29. The maximum atomic E-state index is 12.7. The fourth-order valence-corrected chi connectivity index (χ4v) is 2.82. The highest BCUT2D eigenvalue weighted by Crippen LogP contribution is 2.31. The molecule has 1 aromatic heterocycles. The minimum Gasteiger partial charge on any atom is -0.471 e. The predicted molar refractivity (Wildman–Crippen MR) is 88.6 cm³/mol. The predicted octanol–water partition coefficient (Wildman–Crippen LogP) is 3.81. The van der Waals surface area contributed by atoms with Crippen LogP contribution in [0.5, 0.6) is 5.75 Å². The van der Waals surface area contributed by atoms with Crippen LogP contribution in [-0.4, -0.2) is 33.7 Å². The zero-order chi connectivity index (χ0) is 18.7. The van der Waals surface area contributed by atoms with Gasteiger partial charge in [-0.1, -0.05) is 13.0 Å². The summed E-state index contributed by atoms with van der Waals surface area (Å²) in [4.78, 5) is 14.2. The standard InChI is InChI=1S/C18H20F3N3O2/c1-13-5-8-23(9-6-13)17(25)16-7-10-24(22-16)12-26-15-4-2-3-14(11-15)18(19,20)21/h2-4,7,10-11,13H,5-6,8-9,12H2,1H3. The van der Waals surface area contributed by atoms with E-state index in [1.165, 1.54) is 16.8 Å². The summed E-state index contributed by atoms with van der Waals surface area (Å²) in [6.07, 6.45) is -0.889. The Labute approximate surface area is 149 Å². The first-order valence-electron chi connectivity index (χ1n) is 8.46. The number of hydrogen-bond donors (Lipinski definition) is 0. The van der Waals surface area contributed by atoms with Gasteiger partial charge in [0.1, 0.15) is 5.75 Å². The number of ether oxygens (including phenoxy) is 1. The van der Waals surface area contributed by atoms with Crippen molar-refractivity contribution < 1.29 is 22.7 Å². The highest BCUT2D eigenvalue weighted by molar-refractivity contribution is 5.92. The van der Waals surface area contributed by atoms with Crippen molar-refractivity contribution in [1.82, 2.24) is 14.7 Å². The number of aromatic nitrogens is 2. The molecule has 1 aromatic carbocycles. The fraction of sp³-hybridized carbons (Fsp3) is 0.444. The monoisotopic (exact) mass is 367 g/mol. The number of carbonyl (C=O) groups is 1. The Morgan fingerprint density at radius 1 is 1.27 bits per heavy atom. The summed E-state index contributed by atoms with van der Waals surface area (Å²) in [6, 6.07) is 6.24. The van der Waals surface area contributed by atoms with E-state index in [1.54, 1.807) is 17.2 Å². The molecule has 1 saturated heterocycles. The lowest BCUT2D eigenvalue weighted by Crippen LogP contribution is -2.38. The lowest BCUT2D eigenvalue weighted by molar-refractivity contribution is -0.137. The summed E-state index contributed by atoms with van der Waals surface area (Å²) < 4.78 is 44.9. The largest absolute Gasteiger partial charge is 0.471 e. The minimum absolute atomic E-state index is 0.0778. The van der Waals surface area contributed by atoms with E-state index in [1.807, 2.05) is 0 Å². The molecule has 8 heteroatoms. The maximum Gasteiger partial charge on any atom is 0.416 e. The molecule has 26 heavy (non-hydrogen) atoms. The molecule has 1 fully saturated rings. The van der Waals surface area contributed by atoms with E-state index >= 15 is 0 Å². The van der Waals surface area contributed by atoms with Crippen LogP contribution >= 0.6 is 0 Å². The fourth-order valence-electron chi connectivity index (χ4n) is 2.82. The zero-order valence-electron chi connectivity index (χ0n) is 14.4. The molecule has 0 bridgehead atoms. The van der Waals surface area contributed by atoms with Gasteiger partial charge in [-0.25, -0.2) is 4.68 Å². The van der Waals surface area contributed by atoms with E-state index in [2.05, 4.69) is 12.0 Å². The third-order valence-corrected chi connectivity index (χ3v) is 4.46. The maximum absolute atomic E-state index is 12.7. The second-order valence-corrected chi connectivity index (χ2v) is 6.51. The Morgan fingerprint density at radius 2 is 2.00 bits per heavy atom. The molecule has 2 heterocycles. The molecule has 0 spiro atoms. The van der Waals surface area contributed by atoms with E-state index in [9.17, 15) is 18.0 Å². The number of piperidine rings is 1. The summed E-state index contributed by atoms with van der Waals surface area (Å²) in [5.74, 6) is 0.584. The molecule has 5 nitrogen and oxygen atoms in total. The first-order chi connectivity index (χ1) is 12.3. The second-order valence-electron chi connectivity index (χ2n) is 6.51. The number of amides is 1. The van der Waals surface area contributed by atoms with Crippen LogP contribution in [0.1, 0.15) is 35.8 Å². The lowest BCUT2D eigenvalue weighted by atomic mass is 9.99. The van der Waals surface area contributed by atoms with Crippen molar-refractivity contribution in [1.29, 1.82) is 0 Å². The second kappa shape index (κ2) is 7.39. The molecule has 0 unspecified atom stereocenters. The molecule has 0 aliphatic carbocycles. The average molecular weight is 367 g/mol. The molecule has 2 aromatic rings. The van der Waals surface area contributed by atoms with Gasteiger partial charge in [0.2, 0.25) is 0 Å². The first-order valence-corrected chi connectivity index (χ1v) is 8.46. The van der Waals surface area contributed by atoms with Gasteiger partial charge in [0.05, 0.1) is 5.56 Å². The van der Waals surface area contributed by atoms with E-state index in [0.717, 1.165) is 25.0 Å². The smallest absolute Gasteiger partial charge is 0.416 e. The van der Waals surface area contributed by atoms with Crippen molar-refractivity contribution in [3.05, 3.63) is 47.8 Å². The third-order valence-electron chi connectivity index (χ3n) is 4.46. The molecule has 1 aliphatic rings. The molecule has 0 atom stereocenters.